The van der Waals surface area contributed by atoms with Gasteiger partial charge in [-0.25, -0.2) is 0 Å². The van der Waals surface area contributed by atoms with Gasteiger partial charge in [0.15, 0.2) is 0 Å². The van der Waals surface area contributed by atoms with E-state index < -0.39 is 6.10 Å². The molecule has 100 valence electrons. The standard InChI is InChI=1S/C16H17ClO2/c1-19-15-9-5-13(6-10-15)16(18)11-4-12-2-7-14(17)8-3-12/h2-3,5-10,16,18H,4,11H2,1H3. The van der Waals surface area contributed by atoms with Gasteiger partial charge in [0.1, 0.15) is 5.75 Å². The fourth-order valence-electron chi connectivity index (χ4n) is 1.95. The molecule has 0 aliphatic rings. The Morgan fingerprint density at radius 3 is 2.26 bits per heavy atom. The molecule has 19 heavy (non-hydrogen) atoms. The van der Waals surface area contributed by atoms with Crippen molar-refractivity contribution in [1.29, 1.82) is 0 Å². The van der Waals surface area contributed by atoms with E-state index in [1.807, 2.05) is 48.5 Å². The van der Waals surface area contributed by atoms with E-state index in [4.69, 9.17) is 16.3 Å². The molecular formula is C16H17ClO2. The summed E-state index contributed by atoms with van der Waals surface area (Å²) in [5.41, 5.74) is 2.09. The third kappa shape index (κ3) is 3.98. The molecule has 0 saturated carbocycles. The summed E-state index contributed by atoms with van der Waals surface area (Å²) in [6.45, 7) is 0. The third-order valence-electron chi connectivity index (χ3n) is 3.12. The molecule has 1 N–H and O–H groups in total. The second-order valence-corrected chi connectivity index (χ2v) is 4.89. The highest BCUT2D eigenvalue weighted by atomic mass is 35.5. The van der Waals surface area contributed by atoms with Gasteiger partial charge in [-0.05, 0) is 48.2 Å². The number of rotatable bonds is 5. The Bertz CT molecular complexity index is 505. The number of aliphatic hydroxyl groups excluding tert-OH is 1. The second-order valence-electron chi connectivity index (χ2n) is 4.45. The van der Waals surface area contributed by atoms with Gasteiger partial charge >= 0.3 is 0 Å². The van der Waals surface area contributed by atoms with Gasteiger partial charge in [0.2, 0.25) is 0 Å². The quantitative estimate of drug-likeness (QED) is 0.894. The van der Waals surface area contributed by atoms with Crippen molar-refractivity contribution in [2.75, 3.05) is 7.11 Å². The SMILES string of the molecule is COc1ccc(C(O)CCc2ccc(Cl)cc2)cc1. The second kappa shape index (κ2) is 6.60. The summed E-state index contributed by atoms with van der Waals surface area (Å²) in [6.07, 6.45) is 1.06. The number of benzene rings is 2. The van der Waals surface area contributed by atoms with Crippen LogP contribution in [0.2, 0.25) is 5.02 Å². The van der Waals surface area contributed by atoms with E-state index in [0.717, 1.165) is 22.8 Å². The van der Waals surface area contributed by atoms with Crippen molar-refractivity contribution in [3.63, 3.8) is 0 Å². The van der Waals surface area contributed by atoms with E-state index in [9.17, 15) is 5.11 Å². The van der Waals surface area contributed by atoms with Crippen LogP contribution in [0.1, 0.15) is 23.7 Å². The summed E-state index contributed by atoms with van der Waals surface area (Å²) < 4.78 is 5.10. The summed E-state index contributed by atoms with van der Waals surface area (Å²) in [5, 5.41) is 10.9. The molecule has 3 heteroatoms. The van der Waals surface area contributed by atoms with E-state index in [1.165, 1.54) is 5.56 Å². The monoisotopic (exact) mass is 276 g/mol. The van der Waals surface area contributed by atoms with E-state index in [1.54, 1.807) is 7.11 Å². The van der Waals surface area contributed by atoms with E-state index in [-0.39, 0.29) is 0 Å². The van der Waals surface area contributed by atoms with Crippen molar-refractivity contribution in [3.8, 4) is 5.75 Å². The minimum atomic E-state index is -0.457. The highest BCUT2D eigenvalue weighted by Crippen LogP contribution is 2.22. The number of aliphatic hydroxyl groups is 1. The Hall–Kier alpha value is -1.51. The molecule has 0 fully saturated rings. The molecule has 0 amide bonds. The van der Waals surface area contributed by atoms with Crippen LogP contribution in [0.15, 0.2) is 48.5 Å². The van der Waals surface area contributed by atoms with Gasteiger partial charge in [0.05, 0.1) is 13.2 Å². The topological polar surface area (TPSA) is 29.5 Å². The molecule has 0 bridgehead atoms. The lowest BCUT2D eigenvalue weighted by Crippen LogP contribution is -1.99. The van der Waals surface area contributed by atoms with Gasteiger partial charge in [0.25, 0.3) is 0 Å². The number of ether oxygens (including phenoxy) is 1. The molecule has 0 aliphatic heterocycles. The average Bonchev–Trinajstić information content (AvgIpc) is 2.46. The van der Waals surface area contributed by atoms with Gasteiger partial charge in [-0.1, -0.05) is 35.9 Å². The minimum Gasteiger partial charge on any atom is -0.497 e. The molecule has 0 radical (unpaired) electrons. The van der Waals surface area contributed by atoms with Gasteiger partial charge in [-0.15, -0.1) is 0 Å². The minimum absolute atomic E-state index is 0.457. The maximum atomic E-state index is 10.1. The molecule has 2 rings (SSSR count). The maximum Gasteiger partial charge on any atom is 0.118 e. The van der Waals surface area contributed by atoms with Crippen molar-refractivity contribution in [1.82, 2.24) is 0 Å². The first-order chi connectivity index (χ1) is 9.19. The number of hydrogen-bond donors (Lipinski definition) is 1. The predicted octanol–water partition coefficient (Wildman–Crippen LogP) is 4.01. The Morgan fingerprint density at radius 1 is 1.05 bits per heavy atom. The van der Waals surface area contributed by atoms with Crippen molar-refractivity contribution < 1.29 is 9.84 Å². The lowest BCUT2D eigenvalue weighted by Gasteiger charge is -2.11. The molecule has 2 aromatic carbocycles. The molecule has 0 spiro atoms. The molecule has 0 aliphatic carbocycles. The first-order valence-electron chi connectivity index (χ1n) is 6.25. The summed E-state index contributed by atoms with van der Waals surface area (Å²) >= 11 is 5.84. The zero-order valence-electron chi connectivity index (χ0n) is 10.8. The summed E-state index contributed by atoms with van der Waals surface area (Å²) in [7, 11) is 1.63. The Morgan fingerprint density at radius 2 is 1.68 bits per heavy atom. The number of aryl methyl sites for hydroxylation is 1. The number of halogens is 1. The van der Waals surface area contributed by atoms with Gasteiger partial charge in [0, 0.05) is 5.02 Å². The summed E-state index contributed by atoms with van der Waals surface area (Å²) in [4.78, 5) is 0. The van der Waals surface area contributed by atoms with Crippen LogP contribution in [0.3, 0.4) is 0 Å². The van der Waals surface area contributed by atoms with E-state index in [2.05, 4.69) is 0 Å². The molecule has 0 heterocycles. The lowest BCUT2D eigenvalue weighted by atomic mass is 10.0. The van der Waals surface area contributed by atoms with Crippen LogP contribution in [-0.2, 0) is 6.42 Å². The Balaban J connectivity index is 1.93. The van der Waals surface area contributed by atoms with Crippen LogP contribution < -0.4 is 4.74 Å². The fourth-order valence-corrected chi connectivity index (χ4v) is 2.07. The zero-order chi connectivity index (χ0) is 13.7. The van der Waals surface area contributed by atoms with Crippen molar-refractivity contribution in [3.05, 3.63) is 64.7 Å². The fraction of sp³-hybridized carbons (Fsp3) is 0.250. The zero-order valence-corrected chi connectivity index (χ0v) is 11.6. The smallest absolute Gasteiger partial charge is 0.118 e. The largest absolute Gasteiger partial charge is 0.497 e. The van der Waals surface area contributed by atoms with Crippen LogP contribution in [0, 0.1) is 0 Å². The summed E-state index contributed by atoms with van der Waals surface area (Å²) in [6, 6.07) is 15.2. The Labute approximate surface area is 118 Å². The molecule has 1 unspecified atom stereocenters. The average molecular weight is 277 g/mol. The summed E-state index contributed by atoms with van der Waals surface area (Å²) in [5.74, 6) is 0.800. The molecule has 1 atom stereocenters. The molecule has 0 saturated heterocycles. The third-order valence-corrected chi connectivity index (χ3v) is 3.37. The van der Waals surface area contributed by atoms with E-state index in [0.29, 0.717) is 6.42 Å². The van der Waals surface area contributed by atoms with Crippen LogP contribution in [0.25, 0.3) is 0 Å². The van der Waals surface area contributed by atoms with Crippen molar-refractivity contribution in [2.24, 2.45) is 0 Å². The highest BCUT2D eigenvalue weighted by molar-refractivity contribution is 6.30. The lowest BCUT2D eigenvalue weighted by molar-refractivity contribution is 0.168. The first kappa shape index (κ1) is 13.9. The van der Waals surface area contributed by atoms with E-state index >= 15 is 0 Å². The first-order valence-corrected chi connectivity index (χ1v) is 6.63. The van der Waals surface area contributed by atoms with Crippen LogP contribution in [-0.4, -0.2) is 12.2 Å². The van der Waals surface area contributed by atoms with Crippen LogP contribution in [0.4, 0.5) is 0 Å². The molecular weight excluding hydrogens is 260 g/mol. The molecule has 2 aromatic rings. The predicted molar refractivity (Wildman–Crippen MR) is 77.7 cm³/mol. The van der Waals surface area contributed by atoms with Gasteiger partial charge < -0.3 is 9.84 Å². The molecule has 2 nitrogen and oxygen atoms in total. The van der Waals surface area contributed by atoms with Gasteiger partial charge in [-0.3, -0.25) is 0 Å². The molecule has 0 aromatic heterocycles. The maximum absolute atomic E-state index is 10.1. The van der Waals surface area contributed by atoms with Crippen molar-refractivity contribution >= 4 is 11.6 Å². The van der Waals surface area contributed by atoms with Crippen LogP contribution >= 0.6 is 11.6 Å². The number of hydrogen-bond acceptors (Lipinski definition) is 2. The van der Waals surface area contributed by atoms with Gasteiger partial charge in [-0.2, -0.15) is 0 Å². The Kier molecular flexibility index (Phi) is 4.83. The van der Waals surface area contributed by atoms with Crippen LogP contribution in [0.5, 0.6) is 5.75 Å². The highest BCUT2D eigenvalue weighted by Gasteiger charge is 2.07. The number of methoxy groups -OCH3 is 1. The van der Waals surface area contributed by atoms with Crippen molar-refractivity contribution in [2.45, 2.75) is 18.9 Å². The normalized spacial score (nSPS) is 12.2.